The van der Waals surface area contributed by atoms with Crippen LogP contribution in [0.1, 0.15) is 12.6 Å². The standard InChI is InChI=1S/C20H25FN8O9P2S2/c21-12-9(26-11-1-2-23-6-24-11)3-8-4-34-39(32,41)38-16-14(30)10(5-35-40(33,42)37-15(8)12)36-19(16)29-7-25-13-17(29)27-20(22)28-18(13)31/h1-2,6-10,12,14-16,19,30H,3-5H2,(H,32,41)(H,33,42)(H,23,24,26)(H3,22,27,28,31)/t8-,9-,10-,12+,14-,15-,16-,19-,39+,40+/m1/s1. The number of H-pyrrole nitrogens is 1. The fourth-order valence-corrected chi connectivity index (χ4v) is 8.16. The van der Waals surface area contributed by atoms with E-state index in [0.717, 1.165) is 0 Å². The lowest BCUT2D eigenvalue weighted by molar-refractivity contribution is -0.0498. The molecule has 1 aliphatic carbocycles. The quantitative estimate of drug-likeness (QED) is 0.172. The topological polar surface area (TPSA) is 228 Å². The first kappa shape index (κ1) is 29.9. The maximum absolute atomic E-state index is 15.6. The van der Waals surface area contributed by atoms with Gasteiger partial charge in [-0.1, -0.05) is 24.5 Å². The summed E-state index contributed by atoms with van der Waals surface area (Å²) in [5.74, 6) is -0.674. The molecule has 0 radical (unpaired) electrons. The fraction of sp³-hybridized carbons (Fsp3) is 0.550. The third kappa shape index (κ3) is 5.97. The molecular formula is C20H25FN8O9P2S2. The molecule has 2 aliphatic heterocycles. The first-order valence-electron chi connectivity index (χ1n) is 12.4. The summed E-state index contributed by atoms with van der Waals surface area (Å²) < 4.78 is 71.6. The lowest BCUT2D eigenvalue weighted by atomic mass is 10.1. The zero-order chi connectivity index (χ0) is 29.8. The molecule has 42 heavy (non-hydrogen) atoms. The number of nitrogens with zero attached hydrogens (tertiary/aromatic N) is 5. The van der Waals surface area contributed by atoms with E-state index in [1.807, 2.05) is 0 Å². The molecule has 3 aliphatic rings. The molecule has 5 N–H and O–H groups in total. The number of aliphatic hydroxyl groups excluding tert-OH is 1. The largest absolute Gasteiger partial charge is 0.387 e. The number of anilines is 2. The Hall–Kier alpha value is -2.12. The number of halogens is 1. The van der Waals surface area contributed by atoms with Crippen LogP contribution < -0.4 is 16.6 Å². The van der Waals surface area contributed by atoms with E-state index in [0.29, 0.717) is 5.82 Å². The van der Waals surface area contributed by atoms with E-state index in [1.165, 1.54) is 23.4 Å². The molecule has 22 heteroatoms. The van der Waals surface area contributed by atoms with Crippen LogP contribution >= 0.6 is 38.1 Å². The molecular weight excluding hydrogens is 641 g/mol. The number of fused-ring (bicyclic) bond motifs is 4. The first-order chi connectivity index (χ1) is 19.9. The lowest BCUT2D eigenvalue weighted by Gasteiger charge is -2.27. The zero-order valence-electron chi connectivity index (χ0n) is 21.2. The molecule has 6 rings (SSSR count). The molecule has 2 bridgehead atoms. The van der Waals surface area contributed by atoms with Gasteiger partial charge in [-0.25, -0.2) is 28.5 Å². The number of nitrogen functional groups attached to an aromatic ring is 1. The average Bonchev–Trinajstić information content (AvgIpc) is 3.57. The van der Waals surface area contributed by atoms with Crippen molar-refractivity contribution in [2.45, 2.75) is 49.3 Å². The van der Waals surface area contributed by atoms with Gasteiger partial charge in [0.05, 0.1) is 25.6 Å². The molecule has 2 saturated heterocycles. The number of aromatic nitrogens is 6. The van der Waals surface area contributed by atoms with Gasteiger partial charge in [0.15, 0.2) is 17.4 Å². The highest BCUT2D eigenvalue weighted by molar-refractivity contribution is 8.44. The Labute approximate surface area is 246 Å². The Morgan fingerprint density at radius 1 is 1.17 bits per heavy atom. The van der Waals surface area contributed by atoms with Crippen molar-refractivity contribution in [2.75, 3.05) is 24.3 Å². The van der Waals surface area contributed by atoms with Crippen LogP contribution in [0, 0.1) is 5.92 Å². The Bertz CT molecular complexity index is 1620. The minimum Gasteiger partial charge on any atom is -0.387 e. The summed E-state index contributed by atoms with van der Waals surface area (Å²) in [7, 11) is 0. The molecule has 1 saturated carbocycles. The molecule has 5 heterocycles. The highest BCUT2D eigenvalue weighted by atomic mass is 32.7. The second kappa shape index (κ2) is 11.4. The number of nitrogens with two attached hydrogens (primary N) is 1. The second-order valence-corrected chi connectivity index (χ2v) is 15.5. The van der Waals surface area contributed by atoms with Crippen molar-refractivity contribution in [1.29, 1.82) is 0 Å². The molecule has 0 aromatic carbocycles. The maximum atomic E-state index is 15.6. The van der Waals surface area contributed by atoms with Crippen LogP contribution in [0.5, 0.6) is 0 Å². The van der Waals surface area contributed by atoms with E-state index in [4.69, 9.17) is 28.6 Å². The normalized spacial score (nSPS) is 39.2. The monoisotopic (exact) mass is 666 g/mol. The highest BCUT2D eigenvalue weighted by Crippen LogP contribution is 2.60. The molecule has 0 unspecified atom stereocenters. The van der Waals surface area contributed by atoms with Crippen molar-refractivity contribution in [3.05, 3.63) is 35.3 Å². The smallest absolute Gasteiger partial charge is 0.386 e. The van der Waals surface area contributed by atoms with Crippen molar-refractivity contribution in [1.82, 2.24) is 29.5 Å². The van der Waals surface area contributed by atoms with Gasteiger partial charge in [0.1, 0.15) is 42.7 Å². The number of nitrogens with one attached hydrogen (secondary N) is 2. The van der Waals surface area contributed by atoms with E-state index in [9.17, 15) is 19.0 Å². The number of alkyl halides is 1. The molecule has 3 aromatic rings. The number of aliphatic hydroxyl groups is 1. The van der Waals surface area contributed by atoms with Crippen molar-refractivity contribution >= 4 is 61.0 Å². The molecule has 0 spiro atoms. The summed E-state index contributed by atoms with van der Waals surface area (Å²) in [5, 5.41) is 14.0. The Kier molecular flexibility index (Phi) is 8.14. The van der Waals surface area contributed by atoms with E-state index >= 15 is 4.39 Å². The van der Waals surface area contributed by atoms with Crippen molar-refractivity contribution in [3.8, 4) is 0 Å². The van der Waals surface area contributed by atoms with Gasteiger partial charge < -0.3 is 25.4 Å². The van der Waals surface area contributed by atoms with Gasteiger partial charge in [0.2, 0.25) is 5.95 Å². The Morgan fingerprint density at radius 2 is 1.90 bits per heavy atom. The summed E-state index contributed by atoms with van der Waals surface area (Å²) in [6.45, 7) is -9.50. The van der Waals surface area contributed by atoms with Gasteiger partial charge in [-0.05, 0) is 12.5 Å². The van der Waals surface area contributed by atoms with Gasteiger partial charge in [-0.15, -0.1) is 0 Å². The summed E-state index contributed by atoms with van der Waals surface area (Å²) in [5.41, 5.74) is 4.95. The number of thiol groups is 2. The highest BCUT2D eigenvalue weighted by Gasteiger charge is 2.52. The molecule has 3 fully saturated rings. The van der Waals surface area contributed by atoms with Crippen LogP contribution in [0.2, 0.25) is 0 Å². The van der Waals surface area contributed by atoms with Gasteiger partial charge in [0.25, 0.3) is 5.56 Å². The van der Waals surface area contributed by atoms with Crippen molar-refractivity contribution in [2.24, 2.45) is 5.92 Å². The third-order valence-corrected chi connectivity index (χ3v) is 10.3. The first-order valence-corrected chi connectivity index (χ1v) is 17.8. The van der Waals surface area contributed by atoms with E-state index < -0.39 is 81.1 Å². The minimum absolute atomic E-state index is 0.0205. The minimum atomic E-state index is -4.28. The molecule has 10 atom stereocenters. The van der Waals surface area contributed by atoms with Crippen LogP contribution in [0.15, 0.2) is 29.7 Å². The van der Waals surface area contributed by atoms with Crippen LogP contribution in [0.4, 0.5) is 16.2 Å². The number of hydrogen-bond acceptors (Lipinski definition) is 15. The number of imidazole rings is 1. The van der Waals surface area contributed by atoms with Crippen molar-refractivity contribution in [3.63, 3.8) is 0 Å². The predicted octanol–water partition coefficient (Wildman–Crippen LogP) is 1.48. The summed E-state index contributed by atoms with van der Waals surface area (Å²) in [4.78, 5) is 30.5. The molecule has 0 amide bonds. The number of hydrogen-bond donors (Lipinski definition) is 6. The predicted molar refractivity (Wildman–Crippen MR) is 150 cm³/mol. The van der Waals surface area contributed by atoms with Gasteiger partial charge in [0, 0.05) is 12.1 Å². The number of aromatic amines is 1. The lowest BCUT2D eigenvalue weighted by Crippen LogP contribution is -2.35. The van der Waals surface area contributed by atoms with Crippen molar-refractivity contribution < 1.29 is 41.5 Å². The van der Waals surface area contributed by atoms with Gasteiger partial charge >= 0.3 is 13.6 Å². The van der Waals surface area contributed by atoms with Gasteiger partial charge in [-0.3, -0.25) is 27.9 Å². The van der Waals surface area contributed by atoms with Gasteiger partial charge in [-0.2, -0.15) is 4.98 Å². The number of ether oxygens (including phenoxy) is 1. The fourth-order valence-electron chi connectivity index (χ4n) is 5.14. The summed E-state index contributed by atoms with van der Waals surface area (Å²) >= 11 is 8.09. The Balaban J connectivity index is 1.29. The second-order valence-electron chi connectivity index (χ2n) is 9.79. The number of rotatable bonds is 3. The van der Waals surface area contributed by atoms with E-state index in [1.54, 1.807) is 6.07 Å². The molecule has 228 valence electrons. The molecule has 17 nitrogen and oxygen atoms in total. The summed E-state index contributed by atoms with van der Waals surface area (Å²) in [6, 6.07) is 0.685. The van der Waals surface area contributed by atoms with Crippen LogP contribution in [0.25, 0.3) is 11.2 Å². The van der Waals surface area contributed by atoms with Crippen LogP contribution in [-0.2, 0) is 32.0 Å². The van der Waals surface area contributed by atoms with E-state index in [2.05, 4.69) is 54.7 Å². The SMILES string of the molecule is Nc1nc2c(ncn2[C@@H]2O[C@@H]3CO[P@](=O)(S)O[C@@H]4[C@@H](CO[P@](=O)(S)O[C@@H]2[C@@H]3O)C[C@@H](Nc2ccncn2)[C@@H]4F)c(=O)[nH]1. The zero-order valence-corrected chi connectivity index (χ0v) is 24.8. The van der Waals surface area contributed by atoms with Crippen LogP contribution in [0.3, 0.4) is 0 Å². The Morgan fingerprint density at radius 3 is 2.64 bits per heavy atom. The maximum Gasteiger partial charge on any atom is 0.386 e. The van der Waals surface area contributed by atoms with Crippen LogP contribution in [-0.4, -0.2) is 84.4 Å². The van der Waals surface area contributed by atoms with E-state index in [-0.39, 0.29) is 23.5 Å². The average molecular weight is 667 g/mol. The third-order valence-electron chi connectivity index (χ3n) is 7.04. The molecule has 3 aromatic heterocycles. The summed E-state index contributed by atoms with van der Waals surface area (Å²) in [6.07, 6.45) is -4.61.